The molecule has 0 heterocycles. The molecule has 1 aromatic rings. The van der Waals surface area contributed by atoms with E-state index in [0.29, 0.717) is 5.92 Å². The Hall–Kier alpha value is -1.06. The van der Waals surface area contributed by atoms with Crippen molar-refractivity contribution < 1.29 is 17.6 Å². The predicted octanol–water partition coefficient (Wildman–Crippen LogP) is 11.0. The topological polar surface area (TPSA) is 0 Å². The number of alkyl halides is 4. The van der Waals surface area contributed by atoms with Crippen LogP contribution in [-0.2, 0) is 5.92 Å². The van der Waals surface area contributed by atoms with Gasteiger partial charge in [-0.15, -0.1) is 0 Å². The van der Waals surface area contributed by atoms with Gasteiger partial charge in [-0.1, -0.05) is 102 Å². The highest BCUT2D eigenvalue weighted by Gasteiger charge is 2.56. The van der Waals surface area contributed by atoms with E-state index in [9.17, 15) is 17.6 Å². The highest BCUT2D eigenvalue weighted by Crippen LogP contribution is 2.47. The standard InChI is InChI=1S/C31H48F4/c1-3-5-6-7-8-9-10-24-11-13-25(14-12-24)26-15-17-27(18-16-26)28-19-21-29(22-20-28)31(34,35)30(32,33)23-4-2/h19-22,24-27H,3-18,23H2,1-2H3/t24-,25-,26?,27?. The summed E-state index contributed by atoms with van der Waals surface area (Å²) in [5.41, 5.74) is 0.468. The zero-order chi connectivity index (χ0) is 25.3. The Bertz CT molecular complexity index is 710. The lowest BCUT2D eigenvalue weighted by Crippen LogP contribution is -2.37. The van der Waals surface area contributed by atoms with E-state index < -0.39 is 23.8 Å². The summed E-state index contributed by atoms with van der Waals surface area (Å²) in [5.74, 6) is -5.15. The van der Waals surface area contributed by atoms with Gasteiger partial charge in [0.1, 0.15) is 0 Å². The highest BCUT2D eigenvalue weighted by molar-refractivity contribution is 5.29. The summed E-state index contributed by atoms with van der Waals surface area (Å²) >= 11 is 0. The van der Waals surface area contributed by atoms with E-state index in [4.69, 9.17) is 0 Å². The third-order valence-electron chi connectivity index (χ3n) is 9.06. The molecular weight excluding hydrogens is 448 g/mol. The average molecular weight is 497 g/mol. The smallest absolute Gasteiger partial charge is 0.199 e. The molecule has 0 atom stereocenters. The van der Waals surface area contributed by atoms with Crippen LogP contribution in [0, 0.1) is 17.8 Å². The van der Waals surface area contributed by atoms with E-state index in [-0.39, 0.29) is 6.42 Å². The molecule has 2 aliphatic carbocycles. The molecule has 0 unspecified atom stereocenters. The molecule has 2 aliphatic rings. The summed E-state index contributed by atoms with van der Waals surface area (Å²) in [6, 6.07) is 5.81. The summed E-state index contributed by atoms with van der Waals surface area (Å²) in [4.78, 5) is 0. The van der Waals surface area contributed by atoms with Crippen molar-refractivity contribution in [1.82, 2.24) is 0 Å². The molecule has 0 aliphatic heterocycles. The van der Waals surface area contributed by atoms with Crippen molar-refractivity contribution in [3.63, 3.8) is 0 Å². The average Bonchev–Trinajstić information content (AvgIpc) is 2.86. The number of hydrogen-bond acceptors (Lipinski definition) is 0. The van der Waals surface area contributed by atoms with Crippen molar-refractivity contribution in [1.29, 1.82) is 0 Å². The monoisotopic (exact) mass is 496 g/mol. The van der Waals surface area contributed by atoms with E-state index in [1.54, 1.807) is 12.1 Å². The molecule has 1 aromatic carbocycles. The first-order valence-corrected chi connectivity index (χ1v) is 14.6. The van der Waals surface area contributed by atoms with Gasteiger partial charge in [0.2, 0.25) is 0 Å². The van der Waals surface area contributed by atoms with E-state index >= 15 is 0 Å². The molecule has 0 nitrogen and oxygen atoms in total. The maximum absolute atomic E-state index is 14.4. The molecular formula is C31H48F4. The van der Waals surface area contributed by atoms with Crippen LogP contribution in [0.25, 0.3) is 0 Å². The van der Waals surface area contributed by atoms with Crippen LogP contribution in [0.2, 0.25) is 0 Å². The van der Waals surface area contributed by atoms with Gasteiger partial charge >= 0.3 is 11.8 Å². The lowest BCUT2D eigenvalue weighted by Gasteiger charge is -2.38. The van der Waals surface area contributed by atoms with E-state index in [0.717, 1.165) is 36.2 Å². The van der Waals surface area contributed by atoms with Gasteiger partial charge in [0.15, 0.2) is 0 Å². The second-order valence-corrected chi connectivity index (χ2v) is 11.6. The molecule has 200 valence electrons. The molecule has 4 heteroatoms. The minimum atomic E-state index is -4.12. The molecule has 2 fully saturated rings. The second kappa shape index (κ2) is 13.5. The molecule has 0 amide bonds. The molecule has 35 heavy (non-hydrogen) atoms. The van der Waals surface area contributed by atoms with Crippen LogP contribution in [0.5, 0.6) is 0 Å². The van der Waals surface area contributed by atoms with Gasteiger partial charge in [-0.25, -0.2) is 0 Å². The number of hydrogen-bond donors (Lipinski definition) is 0. The van der Waals surface area contributed by atoms with Crippen LogP contribution in [0.3, 0.4) is 0 Å². The van der Waals surface area contributed by atoms with Crippen molar-refractivity contribution in [2.45, 2.75) is 141 Å². The Morgan fingerprint density at radius 1 is 0.657 bits per heavy atom. The van der Waals surface area contributed by atoms with Gasteiger partial charge in [-0.2, -0.15) is 17.6 Å². The van der Waals surface area contributed by atoms with Gasteiger partial charge in [0.05, 0.1) is 0 Å². The predicted molar refractivity (Wildman–Crippen MR) is 138 cm³/mol. The zero-order valence-corrected chi connectivity index (χ0v) is 22.2. The first-order valence-electron chi connectivity index (χ1n) is 14.6. The van der Waals surface area contributed by atoms with Crippen LogP contribution < -0.4 is 0 Å². The fourth-order valence-corrected chi connectivity index (χ4v) is 6.73. The van der Waals surface area contributed by atoms with Gasteiger partial charge in [0.25, 0.3) is 0 Å². The summed E-state index contributed by atoms with van der Waals surface area (Å²) in [6.07, 6.45) is 19.1. The second-order valence-electron chi connectivity index (χ2n) is 11.6. The minimum absolute atomic E-state index is 0.0324. The molecule has 0 spiro atoms. The van der Waals surface area contributed by atoms with Gasteiger partial charge in [-0.05, 0) is 67.8 Å². The first kappa shape index (κ1) is 28.5. The number of halogens is 4. The summed E-state index contributed by atoms with van der Waals surface area (Å²) in [6.45, 7) is 3.78. The van der Waals surface area contributed by atoms with Crippen LogP contribution >= 0.6 is 0 Å². The number of unbranched alkanes of at least 4 members (excludes halogenated alkanes) is 5. The lowest BCUT2D eigenvalue weighted by molar-refractivity contribution is -0.219. The Labute approximate surface area is 211 Å². The Kier molecular flexibility index (Phi) is 11.0. The van der Waals surface area contributed by atoms with Crippen molar-refractivity contribution in [2.24, 2.45) is 17.8 Å². The SMILES string of the molecule is CCCCCCCC[C@H]1CC[C@H](C2CCC(c3ccc(C(F)(F)C(F)(F)CCC)cc3)CC2)CC1. The minimum Gasteiger partial charge on any atom is -0.199 e. The van der Waals surface area contributed by atoms with E-state index in [1.807, 2.05) is 0 Å². The molecule has 0 radical (unpaired) electrons. The Morgan fingerprint density at radius 2 is 1.20 bits per heavy atom. The molecule has 2 saturated carbocycles. The molecule has 0 saturated heterocycles. The highest BCUT2D eigenvalue weighted by atomic mass is 19.3. The third-order valence-corrected chi connectivity index (χ3v) is 9.06. The fourth-order valence-electron chi connectivity index (χ4n) is 6.73. The van der Waals surface area contributed by atoms with Crippen molar-refractivity contribution in [2.75, 3.05) is 0 Å². The summed E-state index contributed by atoms with van der Waals surface area (Å²) in [5, 5.41) is 0. The molecule has 3 rings (SSSR count). The molecule has 0 bridgehead atoms. The van der Waals surface area contributed by atoms with Crippen molar-refractivity contribution >= 4 is 0 Å². The number of benzene rings is 1. The Balaban J connectivity index is 1.40. The largest absolute Gasteiger partial charge is 0.335 e. The maximum atomic E-state index is 14.4. The first-order chi connectivity index (χ1) is 16.8. The number of rotatable bonds is 13. The molecule has 0 aromatic heterocycles. The van der Waals surface area contributed by atoms with Gasteiger partial charge in [-0.3, -0.25) is 0 Å². The van der Waals surface area contributed by atoms with E-state index in [2.05, 4.69) is 6.92 Å². The van der Waals surface area contributed by atoms with Gasteiger partial charge in [0, 0.05) is 12.0 Å². The van der Waals surface area contributed by atoms with Crippen LogP contribution in [0.4, 0.5) is 17.6 Å². The summed E-state index contributed by atoms with van der Waals surface area (Å²) in [7, 11) is 0. The summed E-state index contributed by atoms with van der Waals surface area (Å²) < 4.78 is 56.6. The molecule has 0 N–H and O–H groups in total. The zero-order valence-electron chi connectivity index (χ0n) is 22.2. The van der Waals surface area contributed by atoms with Crippen molar-refractivity contribution in [3.8, 4) is 0 Å². The van der Waals surface area contributed by atoms with Crippen molar-refractivity contribution in [3.05, 3.63) is 35.4 Å². The van der Waals surface area contributed by atoms with Gasteiger partial charge < -0.3 is 0 Å². The quantitative estimate of drug-likeness (QED) is 0.188. The normalized spacial score (nSPS) is 26.1. The maximum Gasteiger partial charge on any atom is 0.335 e. The fraction of sp³-hybridized carbons (Fsp3) is 0.806. The van der Waals surface area contributed by atoms with Crippen LogP contribution in [0.15, 0.2) is 24.3 Å². The van der Waals surface area contributed by atoms with Crippen LogP contribution in [0.1, 0.15) is 140 Å². The third kappa shape index (κ3) is 7.71. The van der Waals surface area contributed by atoms with E-state index in [1.165, 1.54) is 103 Å². The van der Waals surface area contributed by atoms with Crippen LogP contribution in [-0.4, -0.2) is 5.92 Å². The Morgan fingerprint density at radius 3 is 1.77 bits per heavy atom. The lowest BCUT2D eigenvalue weighted by atomic mass is 9.68.